The second kappa shape index (κ2) is 8.02. The minimum absolute atomic E-state index is 0.0210. The number of aromatic nitrogens is 2. The first-order valence-corrected chi connectivity index (χ1v) is 9.55. The number of rotatable bonds is 7. The summed E-state index contributed by atoms with van der Waals surface area (Å²) in [4.78, 5) is 14.5. The van der Waals surface area contributed by atoms with E-state index in [2.05, 4.69) is 10.2 Å². The summed E-state index contributed by atoms with van der Waals surface area (Å²) in [7, 11) is 0. The molecule has 3 aromatic rings. The zero-order valence-corrected chi connectivity index (χ0v) is 16.2. The first-order valence-electron chi connectivity index (χ1n) is 9.17. The van der Waals surface area contributed by atoms with Crippen molar-refractivity contribution in [2.24, 2.45) is 0 Å². The highest BCUT2D eigenvalue weighted by Crippen LogP contribution is 2.30. The fourth-order valence-electron chi connectivity index (χ4n) is 2.95. The van der Waals surface area contributed by atoms with Gasteiger partial charge in [0.25, 0.3) is 5.91 Å². The zero-order chi connectivity index (χ0) is 19.5. The lowest BCUT2D eigenvalue weighted by atomic mass is 10.2. The molecule has 0 spiro atoms. The summed E-state index contributed by atoms with van der Waals surface area (Å²) in [6.07, 6.45) is 1.95. The fraction of sp³-hybridized carbons (Fsp3) is 0.286. The Morgan fingerprint density at radius 2 is 1.93 bits per heavy atom. The number of carbonyl (C=O) groups is 1. The Bertz CT molecular complexity index is 984. The molecule has 1 aromatic heterocycles. The van der Waals surface area contributed by atoms with Crippen LogP contribution in [0.2, 0.25) is 5.02 Å². The number of hydrogen-bond donors (Lipinski definition) is 0. The van der Waals surface area contributed by atoms with Crippen LogP contribution in [0.1, 0.15) is 24.3 Å². The lowest BCUT2D eigenvalue weighted by Crippen LogP contribution is -2.36. The van der Waals surface area contributed by atoms with E-state index in [4.69, 9.17) is 20.8 Å². The molecular weight excluding hydrogens is 378 g/mol. The summed E-state index contributed by atoms with van der Waals surface area (Å²) < 4.78 is 11.5. The minimum atomic E-state index is -0.0942. The highest BCUT2D eigenvalue weighted by Gasteiger charge is 2.34. The SMILES string of the molecule is Cc1ccccc1OCC(=O)N(Cc1nnc(-c2ccccc2Cl)o1)C1CC1. The standard InChI is InChI=1S/C21H20ClN3O3/c1-14-6-2-5-9-18(14)27-13-20(26)25(15-10-11-15)12-19-23-24-21(28-19)16-7-3-4-8-17(16)22/h2-9,15H,10-13H2,1H3. The summed E-state index contributed by atoms with van der Waals surface area (Å²) in [6.45, 7) is 2.19. The van der Waals surface area contributed by atoms with Crippen molar-refractivity contribution < 1.29 is 13.9 Å². The van der Waals surface area contributed by atoms with E-state index in [1.165, 1.54) is 0 Å². The molecule has 1 amide bonds. The Morgan fingerprint density at radius 3 is 2.68 bits per heavy atom. The van der Waals surface area contributed by atoms with Crippen molar-refractivity contribution in [1.29, 1.82) is 0 Å². The molecule has 0 radical (unpaired) electrons. The number of hydrogen-bond acceptors (Lipinski definition) is 5. The molecule has 0 bridgehead atoms. The highest BCUT2D eigenvalue weighted by molar-refractivity contribution is 6.33. The number of carbonyl (C=O) groups excluding carboxylic acids is 1. The first kappa shape index (κ1) is 18.5. The number of amides is 1. The summed E-state index contributed by atoms with van der Waals surface area (Å²) in [5.74, 6) is 1.35. The van der Waals surface area contributed by atoms with Crippen LogP contribution in [0.15, 0.2) is 52.9 Å². The van der Waals surface area contributed by atoms with Crippen molar-refractivity contribution >= 4 is 17.5 Å². The number of aryl methyl sites for hydroxylation is 1. The van der Waals surface area contributed by atoms with Gasteiger partial charge in [-0.3, -0.25) is 4.79 Å². The third-order valence-electron chi connectivity index (χ3n) is 4.63. The molecule has 4 rings (SSSR count). The Morgan fingerprint density at radius 1 is 1.18 bits per heavy atom. The lowest BCUT2D eigenvalue weighted by Gasteiger charge is -2.21. The van der Waals surface area contributed by atoms with E-state index >= 15 is 0 Å². The summed E-state index contributed by atoms with van der Waals surface area (Å²) >= 11 is 6.19. The van der Waals surface area contributed by atoms with E-state index in [9.17, 15) is 4.79 Å². The van der Waals surface area contributed by atoms with Gasteiger partial charge in [-0.25, -0.2) is 0 Å². The average molecular weight is 398 g/mol. The van der Waals surface area contributed by atoms with Crippen LogP contribution in [0.5, 0.6) is 5.75 Å². The maximum absolute atomic E-state index is 12.7. The van der Waals surface area contributed by atoms with Crippen LogP contribution in [-0.2, 0) is 11.3 Å². The largest absolute Gasteiger partial charge is 0.484 e. The molecule has 0 unspecified atom stereocenters. The predicted molar refractivity (Wildman–Crippen MR) is 105 cm³/mol. The van der Waals surface area contributed by atoms with E-state index < -0.39 is 0 Å². The molecule has 1 heterocycles. The van der Waals surface area contributed by atoms with Gasteiger partial charge in [0.05, 0.1) is 17.1 Å². The van der Waals surface area contributed by atoms with Gasteiger partial charge < -0.3 is 14.1 Å². The molecule has 2 aromatic carbocycles. The van der Waals surface area contributed by atoms with Crippen molar-refractivity contribution in [2.75, 3.05) is 6.61 Å². The number of halogens is 1. The molecule has 28 heavy (non-hydrogen) atoms. The van der Waals surface area contributed by atoms with Gasteiger partial charge in [0.15, 0.2) is 6.61 Å². The molecule has 144 valence electrons. The van der Waals surface area contributed by atoms with Gasteiger partial charge in [-0.05, 0) is 43.5 Å². The summed E-state index contributed by atoms with van der Waals surface area (Å²) in [5, 5.41) is 8.70. The molecule has 6 nitrogen and oxygen atoms in total. The van der Waals surface area contributed by atoms with E-state index in [1.807, 2.05) is 49.4 Å². The van der Waals surface area contributed by atoms with Gasteiger partial charge in [0.1, 0.15) is 5.75 Å². The van der Waals surface area contributed by atoms with Crippen LogP contribution in [0.25, 0.3) is 11.5 Å². The van der Waals surface area contributed by atoms with Gasteiger partial charge in [-0.2, -0.15) is 0 Å². The summed E-state index contributed by atoms with van der Waals surface area (Å²) in [5.41, 5.74) is 1.67. The molecular formula is C21H20ClN3O3. The van der Waals surface area contributed by atoms with Crippen molar-refractivity contribution in [3.63, 3.8) is 0 Å². The van der Waals surface area contributed by atoms with Crippen LogP contribution in [0.4, 0.5) is 0 Å². The molecule has 1 aliphatic rings. The van der Waals surface area contributed by atoms with E-state index in [0.717, 1.165) is 18.4 Å². The van der Waals surface area contributed by atoms with Gasteiger partial charge in [-0.15, -0.1) is 10.2 Å². The molecule has 0 N–H and O–H groups in total. The van der Waals surface area contributed by atoms with Crippen molar-refractivity contribution in [2.45, 2.75) is 32.4 Å². The predicted octanol–water partition coefficient (Wildman–Crippen LogP) is 4.27. The van der Waals surface area contributed by atoms with Gasteiger partial charge >= 0.3 is 0 Å². The molecule has 0 saturated heterocycles. The minimum Gasteiger partial charge on any atom is -0.484 e. The third kappa shape index (κ3) is 4.17. The number of ether oxygens (including phenoxy) is 1. The molecule has 0 atom stereocenters. The van der Waals surface area contributed by atoms with Gasteiger partial charge in [0, 0.05) is 6.04 Å². The molecule has 1 aliphatic carbocycles. The van der Waals surface area contributed by atoms with Crippen LogP contribution < -0.4 is 4.74 Å². The molecule has 0 aliphatic heterocycles. The monoisotopic (exact) mass is 397 g/mol. The quantitative estimate of drug-likeness (QED) is 0.595. The first-order chi connectivity index (χ1) is 13.6. The smallest absolute Gasteiger partial charge is 0.261 e. The Kier molecular flexibility index (Phi) is 5.30. The third-order valence-corrected chi connectivity index (χ3v) is 4.96. The normalized spacial score (nSPS) is 13.4. The summed E-state index contributed by atoms with van der Waals surface area (Å²) in [6, 6.07) is 15.1. The van der Waals surface area contributed by atoms with Gasteiger partial charge in [-0.1, -0.05) is 41.9 Å². The van der Waals surface area contributed by atoms with E-state index in [0.29, 0.717) is 28.1 Å². The second-order valence-electron chi connectivity index (χ2n) is 6.79. The number of nitrogens with zero attached hydrogens (tertiary/aromatic N) is 3. The molecule has 1 fully saturated rings. The lowest BCUT2D eigenvalue weighted by molar-refractivity contribution is -0.134. The van der Waals surface area contributed by atoms with E-state index in [1.54, 1.807) is 11.0 Å². The van der Waals surface area contributed by atoms with Crippen molar-refractivity contribution in [3.05, 3.63) is 65.0 Å². The topological polar surface area (TPSA) is 68.5 Å². The fourth-order valence-corrected chi connectivity index (χ4v) is 3.17. The van der Waals surface area contributed by atoms with Crippen LogP contribution in [0, 0.1) is 6.92 Å². The Balaban J connectivity index is 1.44. The highest BCUT2D eigenvalue weighted by atomic mass is 35.5. The van der Waals surface area contributed by atoms with Gasteiger partial charge in [0.2, 0.25) is 11.8 Å². The maximum atomic E-state index is 12.7. The zero-order valence-electron chi connectivity index (χ0n) is 15.5. The van der Waals surface area contributed by atoms with Crippen molar-refractivity contribution in [1.82, 2.24) is 15.1 Å². The Labute approximate surface area is 168 Å². The van der Waals surface area contributed by atoms with E-state index in [-0.39, 0.29) is 25.1 Å². The maximum Gasteiger partial charge on any atom is 0.261 e. The van der Waals surface area contributed by atoms with Crippen LogP contribution in [-0.4, -0.2) is 33.7 Å². The Hall–Kier alpha value is -2.86. The molecule has 1 saturated carbocycles. The number of para-hydroxylation sites is 1. The van der Waals surface area contributed by atoms with Crippen LogP contribution >= 0.6 is 11.6 Å². The number of benzene rings is 2. The van der Waals surface area contributed by atoms with Crippen molar-refractivity contribution in [3.8, 4) is 17.2 Å². The van der Waals surface area contributed by atoms with Crippen LogP contribution in [0.3, 0.4) is 0 Å². The average Bonchev–Trinajstić information content (AvgIpc) is 3.44. The molecule has 7 heteroatoms. The second-order valence-corrected chi connectivity index (χ2v) is 7.19.